The van der Waals surface area contributed by atoms with Gasteiger partial charge in [0.25, 0.3) is 0 Å². The molecule has 2 N–H and O–H groups in total. The van der Waals surface area contributed by atoms with E-state index in [0.717, 1.165) is 18.4 Å². The maximum atomic E-state index is 13.5. The molecule has 2 aromatic rings. The van der Waals surface area contributed by atoms with Crippen LogP contribution in [0.5, 0.6) is 0 Å². The highest BCUT2D eigenvalue weighted by atomic mass is 19.1. The second-order valence-electron chi connectivity index (χ2n) is 4.60. The van der Waals surface area contributed by atoms with E-state index in [4.69, 9.17) is 5.73 Å². The fourth-order valence-electron chi connectivity index (χ4n) is 2.08. The van der Waals surface area contributed by atoms with Crippen LogP contribution in [0.4, 0.5) is 4.39 Å². The molecule has 0 fully saturated rings. The Balaban J connectivity index is 2.09. The quantitative estimate of drug-likeness (QED) is 0.860. The lowest BCUT2D eigenvalue weighted by molar-refractivity contribution is 0.598. The lowest BCUT2D eigenvalue weighted by atomic mass is 10.1. The number of halogens is 1. The van der Waals surface area contributed by atoms with Gasteiger partial charge in [0, 0.05) is 30.5 Å². The molecule has 1 atom stereocenters. The van der Waals surface area contributed by atoms with Gasteiger partial charge >= 0.3 is 0 Å². The number of nitrogens with zero attached hydrogens (tertiary/aromatic N) is 1. The van der Waals surface area contributed by atoms with Crippen LogP contribution in [0.25, 0.3) is 0 Å². The highest BCUT2D eigenvalue weighted by molar-refractivity contribution is 5.20. The van der Waals surface area contributed by atoms with Crippen LogP contribution in [0, 0.1) is 5.82 Å². The van der Waals surface area contributed by atoms with Gasteiger partial charge in [0.1, 0.15) is 5.82 Å². The van der Waals surface area contributed by atoms with Crippen molar-refractivity contribution in [3.63, 3.8) is 0 Å². The highest BCUT2D eigenvalue weighted by Crippen LogP contribution is 2.17. The predicted molar refractivity (Wildman–Crippen MR) is 71.8 cm³/mol. The summed E-state index contributed by atoms with van der Waals surface area (Å²) in [6.07, 6.45) is 6.01. The van der Waals surface area contributed by atoms with Gasteiger partial charge in [0.15, 0.2) is 0 Å². The van der Waals surface area contributed by atoms with Crippen molar-refractivity contribution in [3.05, 3.63) is 59.7 Å². The summed E-state index contributed by atoms with van der Waals surface area (Å²) in [5.41, 5.74) is 7.87. The number of rotatable bonds is 5. The van der Waals surface area contributed by atoms with E-state index in [1.54, 1.807) is 12.1 Å². The first kappa shape index (κ1) is 12.8. The van der Waals surface area contributed by atoms with Gasteiger partial charge in [0.2, 0.25) is 0 Å². The first-order valence-electron chi connectivity index (χ1n) is 6.35. The number of benzene rings is 1. The zero-order valence-electron chi connectivity index (χ0n) is 10.6. The van der Waals surface area contributed by atoms with Gasteiger partial charge in [-0.2, -0.15) is 0 Å². The average molecular weight is 246 g/mol. The summed E-state index contributed by atoms with van der Waals surface area (Å²) < 4.78 is 15.5. The van der Waals surface area contributed by atoms with Crippen molar-refractivity contribution in [1.29, 1.82) is 0 Å². The molecule has 0 saturated heterocycles. The smallest absolute Gasteiger partial charge is 0.128 e. The third-order valence-corrected chi connectivity index (χ3v) is 3.11. The summed E-state index contributed by atoms with van der Waals surface area (Å²) in [5, 5.41) is 0. The lowest BCUT2D eigenvalue weighted by Gasteiger charge is -2.08. The SMILES string of the molecule is CCCC(N)c1ccn(Cc2ccccc2F)c1. The lowest BCUT2D eigenvalue weighted by Crippen LogP contribution is -2.08. The Morgan fingerprint density at radius 1 is 1.28 bits per heavy atom. The number of hydrogen-bond acceptors (Lipinski definition) is 1. The molecule has 18 heavy (non-hydrogen) atoms. The van der Waals surface area contributed by atoms with E-state index < -0.39 is 0 Å². The Kier molecular flexibility index (Phi) is 4.15. The molecule has 0 radical (unpaired) electrons. The van der Waals surface area contributed by atoms with Crippen molar-refractivity contribution in [1.82, 2.24) is 4.57 Å². The van der Waals surface area contributed by atoms with Gasteiger partial charge in [-0.25, -0.2) is 4.39 Å². The average Bonchev–Trinajstić information content (AvgIpc) is 2.81. The molecule has 3 heteroatoms. The van der Waals surface area contributed by atoms with Crippen molar-refractivity contribution >= 4 is 0 Å². The number of aromatic nitrogens is 1. The van der Waals surface area contributed by atoms with E-state index in [9.17, 15) is 4.39 Å². The third kappa shape index (κ3) is 2.99. The van der Waals surface area contributed by atoms with Crippen LogP contribution in [0.3, 0.4) is 0 Å². The molecule has 0 aliphatic carbocycles. The zero-order chi connectivity index (χ0) is 13.0. The predicted octanol–water partition coefficient (Wildman–Crippen LogP) is 3.48. The second kappa shape index (κ2) is 5.83. The third-order valence-electron chi connectivity index (χ3n) is 3.11. The summed E-state index contributed by atoms with van der Waals surface area (Å²) >= 11 is 0. The Morgan fingerprint density at radius 3 is 2.78 bits per heavy atom. The standard InChI is InChI=1S/C15H19FN2/c1-2-5-15(17)13-8-9-18(11-13)10-12-6-3-4-7-14(12)16/h3-4,6-9,11,15H,2,5,10,17H2,1H3. The fourth-order valence-corrected chi connectivity index (χ4v) is 2.08. The van der Waals surface area contributed by atoms with Gasteiger partial charge < -0.3 is 10.3 Å². The molecule has 2 rings (SSSR count). The van der Waals surface area contributed by atoms with Crippen molar-refractivity contribution in [2.45, 2.75) is 32.4 Å². The maximum absolute atomic E-state index is 13.5. The number of nitrogens with two attached hydrogens (primary N) is 1. The Hall–Kier alpha value is -1.61. The second-order valence-corrected chi connectivity index (χ2v) is 4.60. The summed E-state index contributed by atoms with van der Waals surface area (Å²) in [5.74, 6) is -0.161. The minimum Gasteiger partial charge on any atom is -0.349 e. The van der Waals surface area contributed by atoms with E-state index in [1.807, 2.05) is 29.1 Å². The summed E-state index contributed by atoms with van der Waals surface area (Å²) in [7, 11) is 0. The Bertz CT molecular complexity index is 505. The molecule has 1 aromatic carbocycles. The minimum absolute atomic E-state index is 0.0804. The van der Waals surface area contributed by atoms with E-state index >= 15 is 0 Å². The summed E-state index contributed by atoms with van der Waals surface area (Å²) in [4.78, 5) is 0. The van der Waals surface area contributed by atoms with Crippen LogP contribution in [0.15, 0.2) is 42.7 Å². The minimum atomic E-state index is -0.161. The zero-order valence-corrected chi connectivity index (χ0v) is 10.6. The molecule has 0 bridgehead atoms. The van der Waals surface area contributed by atoms with Gasteiger partial charge in [-0.1, -0.05) is 31.5 Å². The first-order valence-corrected chi connectivity index (χ1v) is 6.35. The van der Waals surface area contributed by atoms with E-state index in [0.29, 0.717) is 12.1 Å². The van der Waals surface area contributed by atoms with Crippen LogP contribution >= 0.6 is 0 Å². The van der Waals surface area contributed by atoms with Crippen LogP contribution in [0.1, 0.15) is 36.9 Å². The van der Waals surface area contributed by atoms with Crippen molar-refractivity contribution in [2.75, 3.05) is 0 Å². The van der Waals surface area contributed by atoms with Gasteiger partial charge in [0.05, 0.1) is 0 Å². The molecule has 0 saturated carbocycles. The number of hydrogen-bond donors (Lipinski definition) is 1. The van der Waals surface area contributed by atoms with Crippen LogP contribution < -0.4 is 5.73 Å². The van der Waals surface area contributed by atoms with Crippen molar-refractivity contribution < 1.29 is 4.39 Å². The molecule has 1 unspecified atom stereocenters. The summed E-state index contributed by atoms with van der Waals surface area (Å²) in [6, 6.07) is 8.95. The molecule has 96 valence electrons. The van der Waals surface area contributed by atoms with Gasteiger partial charge in [-0.3, -0.25) is 0 Å². The highest BCUT2D eigenvalue weighted by Gasteiger charge is 2.07. The molecule has 0 amide bonds. The van der Waals surface area contributed by atoms with Crippen LogP contribution in [-0.4, -0.2) is 4.57 Å². The molecule has 0 aliphatic rings. The molecule has 1 aromatic heterocycles. The molecular formula is C15H19FN2. The fraction of sp³-hybridized carbons (Fsp3) is 0.333. The Morgan fingerprint density at radius 2 is 2.06 bits per heavy atom. The molecule has 0 spiro atoms. The maximum Gasteiger partial charge on any atom is 0.128 e. The van der Waals surface area contributed by atoms with Crippen LogP contribution in [-0.2, 0) is 6.54 Å². The Labute approximate surface area is 107 Å². The molecule has 2 nitrogen and oxygen atoms in total. The van der Waals surface area contributed by atoms with Gasteiger partial charge in [-0.05, 0) is 24.1 Å². The normalized spacial score (nSPS) is 12.6. The van der Waals surface area contributed by atoms with Crippen LogP contribution in [0.2, 0.25) is 0 Å². The monoisotopic (exact) mass is 246 g/mol. The van der Waals surface area contributed by atoms with E-state index in [1.165, 1.54) is 6.07 Å². The van der Waals surface area contributed by atoms with E-state index in [2.05, 4.69) is 6.92 Å². The molecule has 1 heterocycles. The largest absolute Gasteiger partial charge is 0.349 e. The summed E-state index contributed by atoms with van der Waals surface area (Å²) in [6.45, 7) is 2.67. The first-order chi connectivity index (χ1) is 8.70. The molecular weight excluding hydrogens is 227 g/mol. The molecule has 0 aliphatic heterocycles. The van der Waals surface area contributed by atoms with E-state index in [-0.39, 0.29) is 11.9 Å². The van der Waals surface area contributed by atoms with Gasteiger partial charge in [-0.15, -0.1) is 0 Å². The topological polar surface area (TPSA) is 30.9 Å². The van der Waals surface area contributed by atoms with Crippen molar-refractivity contribution in [3.8, 4) is 0 Å². The van der Waals surface area contributed by atoms with Crippen molar-refractivity contribution in [2.24, 2.45) is 5.73 Å².